The van der Waals surface area contributed by atoms with Gasteiger partial charge in [-0.25, -0.2) is 9.80 Å². The van der Waals surface area contributed by atoms with Gasteiger partial charge in [0.05, 0.1) is 5.69 Å². The molecule has 2 rings (SSSR count). The number of carboxylic acid groups (broad SMARTS) is 1. The van der Waals surface area contributed by atoms with Crippen LogP contribution < -0.4 is 10.4 Å². The van der Waals surface area contributed by atoms with E-state index in [1.807, 2.05) is 25.1 Å². The van der Waals surface area contributed by atoms with Crippen molar-refractivity contribution >= 4 is 29.4 Å². The number of carbonyl (C=O) groups is 4. The lowest BCUT2D eigenvalue weighted by Crippen LogP contribution is -2.35. The Hall–Kier alpha value is -2.94. The van der Waals surface area contributed by atoms with Crippen molar-refractivity contribution in [3.05, 3.63) is 30.3 Å². The van der Waals surface area contributed by atoms with Crippen LogP contribution >= 0.6 is 0 Å². The Morgan fingerprint density at radius 1 is 1.24 bits per heavy atom. The number of carbonyl (C=O) groups excluding carboxylic acids is 3. The zero-order valence-corrected chi connectivity index (χ0v) is 13.7. The highest BCUT2D eigenvalue weighted by Crippen LogP contribution is 2.22. The molecular weight excluding hydrogens is 332 g/mol. The van der Waals surface area contributed by atoms with Gasteiger partial charge < -0.3 is 9.99 Å². The first kappa shape index (κ1) is 20.1. The maximum Gasteiger partial charge on any atom is 0.353 e. The van der Waals surface area contributed by atoms with Crippen molar-refractivity contribution in [2.24, 2.45) is 5.92 Å². The molecular formula is C16H20N2O7. The van der Waals surface area contributed by atoms with Crippen molar-refractivity contribution in [2.75, 3.05) is 5.01 Å². The van der Waals surface area contributed by atoms with Crippen LogP contribution in [0.3, 0.4) is 0 Å². The van der Waals surface area contributed by atoms with Crippen molar-refractivity contribution < 1.29 is 34.4 Å². The molecule has 0 spiro atoms. The molecule has 9 heteroatoms. The minimum atomic E-state index is -1.33. The maximum absolute atomic E-state index is 12.1. The second-order valence-electron chi connectivity index (χ2n) is 5.21. The van der Waals surface area contributed by atoms with Crippen molar-refractivity contribution in [1.82, 2.24) is 5.43 Å². The van der Waals surface area contributed by atoms with Gasteiger partial charge in [0.15, 0.2) is 0 Å². The molecule has 0 aromatic heterocycles. The van der Waals surface area contributed by atoms with E-state index in [4.69, 9.17) is 10.4 Å². The quantitative estimate of drug-likeness (QED) is 0.400. The average molecular weight is 352 g/mol. The lowest BCUT2D eigenvalue weighted by Gasteiger charge is -2.14. The molecule has 1 aliphatic rings. The third-order valence-electron chi connectivity index (χ3n) is 3.32. The fourth-order valence-corrected chi connectivity index (χ4v) is 2.10. The van der Waals surface area contributed by atoms with Gasteiger partial charge in [0.1, 0.15) is 12.3 Å². The molecule has 1 aromatic rings. The Labute approximate surface area is 144 Å². The first-order valence-corrected chi connectivity index (χ1v) is 7.66. The van der Waals surface area contributed by atoms with Crippen molar-refractivity contribution in [3.8, 4) is 0 Å². The SMILES string of the molecule is CCCCC1C(=O)NN(c2ccccc2)C1=O.O=C(O)CC(=O)OO. The Balaban J connectivity index is 0.000000333. The molecule has 25 heavy (non-hydrogen) atoms. The van der Waals surface area contributed by atoms with Crippen LogP contribution in [0.2, 0.25) is 0 Å². The van der Waals surface area contributed by atoms with E-state index in [1.54, 1.807) is 12.1 Å². The maximum atomic E-state index is 12.1. The fraction of sp³-hybridized carbons (Fsp3) is 0.375. The molecule has 0 bridgehead atoms. The van der Waals surface area contributed by atoms with Gasteiger partial charge in [-0.15, -0.1) is 0 Å². The molecule has 1 unspecified atom stereocenters. The van der Waals surface area contributed by atoms with E-state index in [-0.39, 0.29) is 11.8 Å². The van der Waals surface area contributed by atoms with Crippen molar-refractivity contribution in [3.63, 3.8) is 0 Å². The minimum Gasteiger partial charge on any atom is -0.481 e. The van der Waals surface area contributed by atoms with E-state index in [0.29, 0.717) is 12.1 Å². The summed E-state index contributed by atoms with van der Waals surface area (Å²) in [7, 11) is 0. The lowest BCUT2D eigenvalue weighted by atomic mass is 10.0. The molecule has 1 fully saturated rings. The van der Waals surface area contributed by atoms with E-state index in [9.17, 15) is 19.2 Å². The third kappa shape index (κ3) is 6.22. The van der Waals surface area contributed by atoms with Crippen LogP contribution in [0.4, 0.5) is 5.69 Å². The molecule has 0 aliphatic carbocycles. The normalized spacial score (nSPS) is 15.9. The highest BCUT2D eigenvalue weighted by atomic mass is 17.1. The van der Waals surface area contributed by atoms with Gasteiger partial charge in [0, 0.05) is 0 Å². The highest BCUT2D eigenvalue weighted by molar-refractivity contribution is 6.14. The summed E-state index contributed by atoms with van der Waals surface area (Å²) in [4.78, 5) is 46.1. The van der Waals surface area contributed by atoms with E-state index >= 15 is 0 Å². The average Bonchev–Trinajstić information content (AvgIpc) is 2.88. The first-order valence-electron chi connectivity index (χ1n) is 7.66. The Kier molecular flexibility index (Phi) is 8.07. The van der Waals surface area contributed by atoms with Gasteiger partial charge in [-0.2, -0.15) is 5.26 Å². The smallest absolute Gasteiger partial charge is 0.353 e. The van der Waals surface area contributed by atoms with Gasteiger partial charge >= 0.3 is 11.9 Å². The summed E-state index contributed by atoms with van der Waals surface area (Å²) in [6.07, 6.45) is 1.70. The molecule has 2 amide bonds. The summed E-state index contributed by atoms with van der Waals surface area (Å²) in [6, 6.07) is 9.17. The molecule has 1 aliphatic heterocycles. The molecule has 0 radical (unpaired) electrons. The molecule has 0 saturated carbocycles. The van der Waals surface area contributed by atoms with Crippen LogP contribution in [0, 0.1) is 5.92 Å². The number of amides is 2. The van der Waals surface area contributed by atoms with Crippen molar-refractivity contribution in [1.29, 1.82) is 0 Å². The highest BCUT2D eigenvalue weighted by Gasteiger charge is 2.39. The summed E-state index contributed by atoms with van der Waals surface area (Å²) in [6.45, 7) is 2.05. The van der Waals surface area contributed by atoms with Crippen LogP contribution in [-0.4, -0.2) is 34.1 Å². The Bertz CT molecular complexity index is 618. The molecule has 1 saturated heterocycles. The number of hydrogen-bond acceptors (Lipinski definition) is 6. The Morgan fingerprint density at radius 2 is 1.88 bits per heavy atom. The number of anilines is 1. The monoisotopic (exact) mass is 352 g/mol. The number of carboxylic acids is 1. The summed E-state index contributed by atoms with van der Waals surface area (Å²) >= 11 is 0. The summed E-state index contributed by atoms with van der Waals surface area (Å²) < 4.78 is 0. The van der Waals surface area contributed by atoms with E-state index in [1.165, 1.54) is 5.01 Å². The lowest BCUT2D eigenvalue weighted by molar-refractivity contribution is -0.234. The molecule has 1 atom stereocenters. The number of nitrogens with zero attached hydrogens (tertiary/aromatic N) is 1. The van der Waals surface area contributed by atoms with E-state index < -0.39 is 24.3 Å². The molecule has 9 nitrogen and oxygen atoms in total. The second kappa shape index (κ2) is 10.0. The largest absolute Gasteiger partial charge is 0.481 e. The van der Waals surface area contributed by atoms with Gasteiger partial charge in [-0.3, -0.25) is 19.8 Å². The molecule has 1 aromatic carbocycles. The number of benzene rings is 1. The number of hydrogen-bond donors (Lipinski definition) is 3. The standard InChI is InChI=1S/C13H16N2O2.C3H4O5/c1-2-3-9-11-12(16)14-15(13(11)17)10-7-5-4-6-8-10;4-2(5)1-3(6)8-7/h4-8,11H,2-3,9H2,1H3,(H,14,16);7H,1H2,(H,4,5). The third-order valence-corrected chi connectivity index (χ3v) is 3.32. The van der Waals surface area contributed by atoms with Gasteiger partial charge in [-0.05, 0) is 18.6 Å². The molecule has 136 valence electrons. The van der Waals surface area contributed by atoms with Gasteiger partial charge in [-0.1, -0.05) is 38.0 Å². The number of rotatable bonds is 6. The minimum absolute atomic E-state index is 0.144. The number of nitrogens with one attached hydrogen (secondary N) is 1. The predicted octanol–water partition coefficient (Wildman–Crippen LogP) is 1.35. The van der Waals surface area contributed by atoms with Gasteiger partial charge in [0.2, 0.25) is 0 Å². The van der Waals surface area contributed by atoms with E-state index in [0.717, 1.165) is 12.8 Å². The van der Waals surface area contributed by atoms with Crippen LogP contribution in [0.25, 0.3) is 0 Å². The fourth-order valence-electron chi connectivity index (χ4n) is 2.10. The summed E-state index contributed by atoms with van der Waals surface area (Å²) in [5.41, 5.74) is 3.34. The van der Waals surface area contributed by atoms with Gasteiger partial charge in [0.25, 0.3) is 11.8 Å². The number of aliphatic carboxylic acids is 1. The first-order chi connectivity index (χ1) is 11.9. The molecule has 1 heterocycles. The topological polar surface area (TPSA) is 133 Å². The number of unbranched alkanes of at least 4 members (excludes halogenated alkanes) is 1. The van der Waals surface area contributed by atoms with E-state index in [2.05, 4.69) is 10.3 Å². The van der Waals surface area contributed by atoms with Crippen LogP contribution in [0.15, 0.2) is 30.3 Å². The van der Waals surface area contributed by atoms with Crippen LogP contribution in [0.1, 0.15) is 32.6 Å². The summed E-state index contributed by atoms with van der Waals surface area (Å²) in [5, 5.41) is 16.6. The zero-order chi connectivity index (χ0) is 18.8. The molecule has 3 N–H and O–H groups in total. The number of para-hydroxylation sites is 1. The Morgan fingerprint density at radius 3 is 2.36 bits per heavy atom. The summed E-state index contributed by atoms with van der Waals surface area (Å²) in [5.74, 6) is -3.35. The number of hydrazine groups is 1. The zero-order valence-electron chi connectivity index (χ0n) is 13.7. The van der Waals surface area contributed by atoms with Crippen molar-refractivity contribution in [2.45, 2.75) is 32.6 Å². The second-order valence-corrected chi connectivity index (χ2v) is 5.21. The van der Waals surface area contributed by atoms with Crippen LogP contribution in [0.5, 0.6) is 0 Å². The predicted molar refractivity (Wildman–Crippen MR) is 86.1 cm³/mol. The van der Waals surface area contributed by atoms with Crippen LogP contribution in [-0.2, 0) is 24.1 Å².